The highest BCUT2D eigenvalue weighted by molar-refractivity contribution is 6.04. The number of aryl methyl sites for hydroxylation is 1. The summed E-state index contributed by atoms with van der Waals surface area (Å²) in [7, 11) is 0. The molecule has 1 amide bonds. The largest absolute Gasteiger partial charge is 0.370 e. The van der Waals surface area contributed by atoms with E-state index in [2.05, 4.69) is 10.6 Å². The molecule has 0 fully saturated rings. The van der Waals surface area contributed by atoms with Gasteiger partial charge in [-0.15, -0.1) is 0 Å². The number of para-hydroxylation sites is 2. The summed E-state index contributed by atoms with van der Waals surface area (Å²) in [6.07, 6.45) is 0. The summed E-state index contributed by atoms with van der Waals surface area (Å²) in [5.74, 6) is -0.000506. The van der Waals surface area contributed by atoms with Crippen molar-refractivity contribution >= 4 is 17.3 Å². The van der Waals surface area contributed by atoms with E-state index in [1.807, 2.05) is 55.5 Å². The maximum atomic E-state index is 12.0. The maximum absolute atomic E-state index is 12.0. The first-order chi connectivity index (χ1) is 8.75. The fourth-order valence-electron chi connectivity index (χ4n) is 2.24. The van der Waals surface area contributed by atoms with Crippen LogP contribution >= 0.6 is 0 Å². The van der Waals surface area contributed by atoms with E-state index in [1.165, 1.54) is 0 Å². The van der Waals surface area contributed by atoms with Crippen LogP contribution in [0, 0.1) is 6.92 Å². The van der Waals surface area contributed by atoms with Crippen LogP contribution < -0.4 is 10.6 Å². The fraction of sp³-hybridized carbons (Fsp3) is 0.133. The SMILES string of the molecule is Cc1ccccc1NC1C(=O)Nc2ccccc21. The normalized spacial score (nSPS) is 17.2. The molecule has 3 nitrogen and oxygen atoms in total. The summed E-state index contributed by atoms with van der Waals surface area (Å²) in [6, 6.07) is 15.4. The quantitative estimate of drug-likeness (QED) is 0.844. The van der Waals surface area contributed by atoms with Crippen molar-refractivity contribution in [2.45, 2.75) is 13.0 Å². The molecular weight excluding hydrogens is 224 g/mol. The van der Waals surface area contributed by atoms with Gasteiger partial charge in [0.05, 0.1) is 0 Å². The van der Waals surface area contributed by atoms with Crippen molar-refractivity contribution < 1.29 is 4.79 Å². The zero-order valence-corrected chi connectivity index (χ0v) is 10.1. The molecule has 0 saturated carbocycles. The van der Waals surface area contributed by atoms with E-state index in [0.717, 1.165) is 22.5 Å². The van der Waals surface area contributed by atoms with Gasteiger partial charge in [-0.05, 0) is 24.6 Å². The zero-order valence-electron chi connectivity index (χ0n) is 10.1. The Morgan fingerprint density at radius 1 is 1.06 bits per heavy atom. The van der Waals surface area contributed by atoms with Crippen LogP contribution in [0.1, 0.15) is 17.2 Å². The molecule has 90 valence electrons. The van der Waals surface area contributed by atoms with Crippen LogP contribution in [0.3, 0.4) is 0 Å². The number of fused-ring (bicyclic) bond motifs is 1. The molecule has 0 bridgehead atoms. The average molecular weight is 238 g/mol. The second kappa shape index (κ2) is 4.18. The highest BCUT2D eigenvalue weighted by atomic mass is 16.2. The lowest BCUT2D eigenvalue weighted by Crippen LogP contribution is -2.20. The van der Waals surface area contributed by atoms with Crippen LogP contribution in [-0.4, -0.2) is 5.91 Å². The van der Waals surface area contributed by atoms with Gasteiger partial charge in [0.1, 0.15) is 6.04 Å². The van der Waals surface area contributed by atoms with Crippen molar-refractivity contribution in [3.8, 4) is 0 Å². The third-order valence-electron chi connectivity index (χ3n) is 3.24. The van der Waals surface area contributed by atoms with Gasteiger partial charge in [0, 0.05) is 16.9 Å². The molecule has 1 aliphatic heterocycles. The van der Waals surface area contributed by atoms with Gasteiger partial charge in [0.15, 0.2) is 0 Å². The van der Waals surface area contributed by atoms with Crippen molar-refractivity contribution in [1.29, 1.82) is 0 Å². The molecule has 1 atom stereocenters. The number of carbonyl (C=O) groups excluding carboxylic acids is 1. The Kier molecular flexibility index (Phi) is 2.52. The topological polar surface area (TPSA) is 41.1 Å². The molecule has 1 unspecified atom stereocenters. The summed E-state index contributed by atoms with van der Waals surface area (Å²) < 4.78 is 0. The smallest absolute Gasteiger partial charge is 0.251 e. The van der Waals surface area contributed by atoms with Gasteiger partial charge in [-0.25, -0.2) is 0 Å². The molecule has 0 aliphatic carbocycles. The van der Waals surface area contributed by atoms with Crippen molar-refractivity contribution in [2.24, 2.45) is 0 Å². The highest BCUT2D eigenvalue weighted by Crippen LogP contribution is 2.33. The Morgan fingerprint density at radius 2 is 1.78 bits per heavy atom. The van der Waals surface area contributed by atoms with Crippen LogP contribution in [0.15, 0.2) is 48.5 Å². The summed E-state index contributed by atoms with van der Waals surface area (Å²) in [6.45, 7) is 2.03. The lowest BCUT2D eigenvalue weighted by atomic mass is 10.1. The summed E-state index contributed by atoms with van der Waals surface area (Å²) in [5, 5.41) is 6.19. The third kappa shape index (κ3) is 1.74. The lowest BCUT2D eigenvalue weighted by Gasteiger charge is -2.14. The van der Waals surface area contributed by atoms with Crippen LogP contribution in [0.4, 0.5) is 11.4 Å². The molecule has 0 saturated heterocycles. The molecule has 3 heteroatoms. The van der Waals surface area contributed by atoms with Gasteiger partial charge < -0.3 is 10.6 Å². The van der Waals surface area contributed by atoms with Crippen molar-refractivity contribution in [3.63, 3.8) is 0 Å². The third-order valence-corrected chi connectivity index (χ3v) is 3.24. The molecule has 0 aromatic heterocycles. The van der Waals surface area contributed by atoms with Crippen LogP contribution in [0.5, 0.6) is 0 Å². The first kappa shape index (κ1) is 10.8. The first-order valence-corrected chi connectivity index (χ1v) is 5.97. The van der Waals surface area contributed by atoms with E-state index in [-0.39, 0.29) is 11.9 Å². The molecule has 2 aromatic rings. The summed E-state index contributed by atoms with van der Waals surface area (Å²) in [5.41, 5.74) is 4.03. The van der Waals surface area contributed by atoms with E-state index in [1.54, 1.807) is 0 Å². The molecule has 2 N–H and O–H groups in total. The highest BCUT2D eigenvalue weighted by Gasteiger charge is 2.30. The number of hydrogen-bond acceptors (Lipinski definition) is 2. The van der Waals surface area contributed by atoms with E-state index >= 15 is 0 Å². The van der Waals surface area contributed by atoms with E-state index < -0.39 is 0 Å². The van der Waals surface area contributed by atoms with Gasteiger partial charge in [-0.1, -0.05) is 36.4 Å². The minimum absolute atomic E-state index is 0.000506. The Labute approximate surface area is 106 Å². The van der Waals surface area contributed by atoms with Crippen LogP contribution in [-0.2, 0) is 4.79 Å². The van der Waals surface area contributed by atoms with Gasteiger partial charge >= 0.3 is 0 Å². The summed E-state index contributed by atoms with van der Waals surface area (Å²) >= 11 is 0. The van der Waals surface area contributed by atoms with Crippen LogP contribution in [0.2, 0.25) is 0 Å². The maximum Gasteiger partial charge on any atom is 0.251 e. The molecule has 0 radical (unpaired) electrons. The van der Waals surface area contributed by atoms with E-state index in [9.17, 15) is 4.79 Å². The molecule has 1 heterocycles. The molecule has 18 heavy (non-hydrogen) atoms. The van der Waals surface area contributed by atoms with Crippen molar-refractivity contribution in [2.75, 3.05) is 10.6 Å². The second-order valence-corrected chi connectivity index (χ2v) is 4.47. The molecule has 2 aromatic carbocycles. The predicted octanol–water partition coefficient (Wildman–Crippen LogP) is 3.10. The standard InChI is InChI=1S/C15H14N2O/c1-10-6-2-4-8-12(10)16-14-11-7-3-5-9-13(11)17-15(14)18/h2-9,14,16H,1H3,(H,17,18). The van der Waals surface area contributed by atoms with Gasteiger partial charge in [0.2, 0.25) is 0 Å². The molecular formula is C15H14N2O. The fourth-order valence-corrected chi connectivity index (χ4v) is 2.24. The number of carbonyl (C=O) groups is 1. The van der Waals surface area contributed by atoms with Gasteiger partial charge in [0.25, 0.3) is 5.91 Å². The molecule has 0 spiro atoms. The Hall–Kier alpha value is -2.29. The lowest BCUT2D eigenvalue weighted by molar-refractivity contribution is -0.116. The van der Waals surface area contributed by atoms with Gasteiger partial charge in [-0.2, -0.15) is 0 Å². The summed E-state index contributed by atoms with van der Waals surface area (Å²) in [4.78, 5) is 12.0. The molecule has 1 aliphatic rings. The minimum Gasteiger partial charge on any atom is -0.370 e. The first-order valence-electron chi connectivity index (χ1n) is 5.97. The zero-order chi connectivity index (χ0) is 12.5. The van der Waals surface area contributed by atoms with Crippen LogP contribution in [0.25, 0.3) is 0 Å². The number of nitrogens with one attached hydrogen (secondary N) is 2. The van der Waals surface area contributed by atoms with Gasteiger partial charge in [-0.3, -0.25) is 4.79 Å². The van der Waals surface area contributed by atoms with E-state index in [0.29, 0.717) is 0 Å². The predicted molar refractivity (Wildman–Crippen MR) is 72.6 cm³/mol. The van der Waals surface area contributed by atoms with Crippen molar-refractivity contribution in [1.82, 2.24) is 0 Å². The monoisotopic (exact) mass is 238 g/mol. The second-order valence-electron chi connectivity index (χ2n) is 4.47. The Balaban J connectivity index is 1.94. The number of rotatable bonds is 2. The minimum atomic E-state index is -0.303. The molecule has 3 rings (SSSR count). The number of anilines is 2. The van der Waals surface area contributed by atoms with E-state index in [4.69, 9.17) is 0 Å². The number of benzene rings is 2. The Bertz CT molecular complexity index is 607. The van der Waals surface area contributed by atoms with Crippen molar-refractivity contribution in [3.05, 3.63) is 59.7 Å². The number of hydrogen-bond donors (Lipinski definition) is 2. The Morgan fingerprint density at radius 3 is 2.61 bits per heavy atom. The average Bonchev–Trinajstić information content (AvgIpc) is 2.69. The number of amides is 1.